The smallest absolute Gasteiger partial charge is 0.251 e. The molecule has 0 bridgehead atoms. The number of aryl methyl sites for hydroxylation is 1. The summed E-state index contributed by atoms with van der Waals surface area (Å²) in [6.07, 6.45) is 1.44. The molecule has 192 valence electrons. The highest BCUT2D eigenvalue weighted by molar-refractivity contribution is 6.37. The molecule has 0 unspecified atom stereocenters. The largest absolute Gasteiger partial charge is 0.325 e. The molecule has 2 N–H and O–H groups in total. The second-order valence-corrected chi connectivity index (χ2v) is 11.8. The molecule has 7 rings (SSSR count). The van der Waals surface area contributed by atoms with E-state index >= 15 is 0 Å². The van der Waals surface area contributed by atoms with E-state index in [4.69, 9.17) is 34.8 Å². The van der Waals surface area contributed by atoms with Gasteiger partial charge in [-0.2, -0.15) is 0 Å². The summed E-state index contributed by atoms with van der Waals surface area (Å²) < 4.78 is 0. The minimum absolute atomic E-state index is 0.213. The normalized spacial score (nSPS) is 28.9. The average molecular weight is 567 g/mol. The molecule has 4 heterocycles. The number of carbonyl (C=O) groups is 3. The van der Waals surface area contributed by atoms with Crippen molar-refractivity contribution in [2.24, 2.45) is 5.92 Å². The summed E-state index contributed by atoms with van der Waals surface area (Å²) in [6, 6.07) is 15.4. The van der Waals surface area contributed by atoms with Crippen molar-refractivity contribution in [3.8, 4) is 0 Å². The minimum atomic E-state index is -1.55. The van der Waals surface area contributed by atoms with Crippen molar-refractivity contribution in [1.82, 2.24) is 4.90 Å². The van der Waals surface area contributed by atoms with Gasteiger partial charge in [-0.15, -0.1) is 0 Å². The molecular weight excluding hydrogens is 545 g/mol. The number of fused-ring (bicyclic) bond motifs is 7. The molecule has 3 aromatic carbocycles. The molecule has 2 saturated heterocycles. The molecule has 3 aromatic rings. The number of carbonyl (C=O) groups excluding carboxylic acids is 3. The summed E-state index contributed by atoms with van der Waals surface area (Å²) >= 11 is 19.4. The van der Waals surface area contributed by atoms with E-state index in [0.717, 1.165) is 12.0 Å². The van der Waals surface area contributed by atoms with Gasteiger partial charge in [0.05, 0.1) is 21.7 Å². The number of anilines is 2. The second kappa shape index (κ2) is 8.06. The fraction of sp³-hybridized carbons (Fsp3) is 0.276. The van der Waals surface area contributed by atoms with Gasteiger partial charge in [0.1, 0.15) is 11.0 Å². The Morgan fingerprint density at radius 3 is 2.53 bits per heavy atom. The van der Waals surface area contributed by atoms with E-state index < -0.39 is 16.9 Å². The standard InChI is InChI=1S/C29H22Cl3N3O3/c1-14-11-18-24(20(32)12-14)34-27(38)29(18)28(17-5-2-3-6-21(17)33-26(28)37)23(22-7-4-10-35(22)29)25(36)16-9-8-15(30)13-19(16)31/h2-3,5-6,8-9,11-13,22-23H,4,7,10H2,1H3,(H,33,37)(H,34,38)/t22-,23+,28-,29+/m1/s1. The third kappa shape index (κ3) is 2.71. The van der Waals surface area contributed by atoms with Gasteiger partial charge < -0.3 is 10.6 Å². The van der Waals surface area contributed by atoms with E-state index in [1.165, 1.54) is 6.07 Å². The Bertz CT molecular complexity index is 1610. The second-order valence-electron chi connectivity index (χ2n) is 10.5. The Morgan fingerprint density at radius 1 is 0.947 bits per heavy atom. The lowest BCUT2D eigenvalue weighted by atomic mass is 9.57. The maximum Gasteiger partial charge on any atom is 0.251 e. The van der Waals surface area contributed by atoms with Gasteiger partial charge in [0.15, 0.2) is 5.78 Å². The van der Waals surface area contributed by atoms with Crippen LogP contribution < -0.4 is 10.6 Å². The molecule has 0 saturated carbocycles. The highest BCUT2D eigenvalue weighted by Crippen LogP contribution is 2.68. The number of Topliss-reactive ketones (excluding diaryl/α,β-unsaturated/α-hetero) is 1. The highest BCUT2D eigenvalue weighted by Gasteiger charge is 2.81. The third-order valence-corrected chi connectivity index (χ3v) is 9.63. The average Bonchev–Trinajstić information content (AvgIpc) is 3.58. The van der Waals surface area contributed by atoms with E-state index in [1.807, 2.05) is 37.3 Å². The number of hydrogen-bond donors (Lipinski definition) is 2. The van der Waals surface area contributed by atoms with Gasteiger partial charge in [-0.3, -0.25) is 19.3 Å². The summed E-state index contributed by atoms with van der Waals surface area (Å²) in [4.78, 5) is 45.7. The first-order valence-corrected chi connectivity index (χ1v) is 13.7. The Labute approximate surface area is 234 Å². The lowest BCUT2D eigenvalue weighted by molar-refractivity contribution is -0.137. The van der Waals surface area contributed by atoms with Crippen LogP contribution in [0, 0.1) is 12.8 Å². The molecule has 4 atom stereocenters. The van der Waals surface area contributed by atoms with Crippen molar-refractivity contribution in [1.29, 1.82) is 0 Å². The summed E-state index contributed by atoms with van der Waals surface area (Å²) in [5.41, 5.74) is 0.448. The number of benzene rings is 3. The first-order chi connectivity index (χ1) is 18.2. The van der Waals surface area contributed by atoms with E-state index in [0.29, 0.717) is 45.5 Å². The van der Waals surface area contributed by atoms with Crippen molar-refractivity contribution < 1.29 is 14.4 Å². The SMILES string of the molecule is Cc1cc(Cl)c2c(c1)[C@@]1(C(=O)N2)N2CCC[C@@H]2[C@@H](C(=O)c2ccc(Cl)cc2Cl)[C@]12C(=O)Nc1ccccc12. The fourth-order valence-corrected chi connectivity index (χ4v) is 8.45. The molecule has 4 aliphatic rings. The Balaban J connectivity index is 1.61. The van der Waals surface area contributed by atoms with Gasteiger partial charge in [-0.05, 0) is 67.8 Å². The van der Waals surface area contributed by atoms with Gasteiger partial charge in [0, 0.05) is 27.9 Å². The van der Waals surface area contributed by atoms with Crippen molar-refractivity contribution >= 4 is 63.8 Å². The minimum Gasteiger partial charge on any atom is -0.325 e. The number of hydrogen-bond acceptors (Lipinski definition) is 4. The van der Waals surface area contributed by atoms with Gasteiger partial charge in [-0.1, -0.05) is 59.1 Å². The fourth-order valence-electron chi connectivity index (χ4n) is 7.63. The highest BCUT2D eigenvalue weighted by atomic mass is 35.5. The van der Waals surface area contributed by atoms with E-state index in [9.17, 15) is 14.4 Å². The summed E-state index contributed by atoms with van der Waals surface area (Å²) in [6.45, 7) is 2.46. The van der Waals surface area contributed by atoms with Crippen molar-refractivity contribution in [2.75, 3.05) is 17.2 Å². The maximum atomic E-state index is 14.6. The van der Waals surface area contributed by atoms with E-state index in [1.54, 1.807) is 18.2 Å². The van der Waals surface area contributed by atoms with Crippen LogP contribution in [0.3, 0.4) is 0 Å². The number of nitrogens with one attached hydrogen (secondary N) is 2. The van der Waals surface area contributed by atoms with Gasteiger partial charge in [0.2, 0.25) is 5.91 Å². The Kier molecular flexibility index (Phi) is 5.12. The predicted molar refractivity (Wildman–Crippen MR) is 147 cm³/mol. The topological polar surface area (TPSA) is 78.5 Å². The van der Waals surface area contributed by atoms with E-state index in [-0.39, 0.29) is 34.2 Å². The lowest BCUT2D eigenvalue weighted by Crippen LogP contribution is -2.62. The number of halogens is 3. The van der Waals surface area contributed by atoms with Crippen LogP contribution in [0.5, 0.6) is 0 Å². The zero-order valence-corrected chi connectivity index (χ0v) is 22.5. The van der Waals surface area contributed by atoms with Gasteiger partial charge in [0.25, 0.3) is 5.91 Å². The molecule has 6 nitrogen and oxygen atoms in total. The van der Waals surface area contributed by atoms with Crippen molar-refractivity contribution in [2.45, 2.75) is 36.8 Å². The molecule has 4 aliphatic heterocycles. The van der Waals surface area contributed by atoms with Crippen LogP contribution in [0.2, 0.25) is 15.1 Å². The number of amides is 2. The van der Waals surface area contributed by atoms with Crippen LogP contribution in [-0.2, 0) is 20.5 Å². The van der Waals surface area contributed by atoms with Crippen LogP contribution in [-0.4, -0.2) is 35.1 Å². The molecule has 2 amide bonds. The molecule has 2 fully saturated rings. The Hall–Kier alpha value is -2.90. The van der Waals surface area contributed by atoms with E-state index in [2.05, 4.69) is 15.5 Å². The summed E-state index contributed by atoms with van der Waals surface area (Å²) in [5, 5.41) is 7.06. The molecule has 38 heavy (non-hydrogen) atoms. The zero-order chi connectivity index (χ0) is 26.6. The number of nitrogens with zero attached hydrogens (tertiary/aromatic N) is 1. The first kappa shape index (κ1) is 24.2. The Morgan fingerprint density at radius 2 is 1.74 bits per heavy atom. The molecule has 0 aromatic heterocycles. The lowest BCUT2D eigenvalue weighted by Gasteiger charge is -2.43. The number of rotatable bonds is 2. The maximum absolute atomic E-state index is 14.6. The molecule has 0 radical (unpaired) electrons. The summed E-state index contributed by atoms with van der Waals surface area (Å²) in [5.74, 6) is -1.90. The molecule has 9 heteroatoms. The number of ketones is 1. The van der Waals surface area contributed by atoms with Crippen molar-refractivity contribution in [3.63, 3.8) is 0 Å². The predicted octanol–water partition coefficient (Wildman–Crippen LogP) is 5.97. The van der Waals surface area contributed by atoms with Crippen LogP contribution in [0.4, 0.5) is 11.4 Å². The zero-order valence-electron chi connectivity index (χ0n) is 20.3. The van der Waals surface area contributed by atoms with Crippen LogP contribution >= 0.6 is 34.8 Å². The van der Waals surface area contributed by atoms with Crippen LogP contribution in [0.1, 0.15) is 39.9 Å². The van der Waals surface area contributed by atoms with Gasteiger partial charge in [-0.25, -0.2) is 0 Å². The van der Waals surface area contributed by atoms with Crippen LogP contribution in [0.15, 0.2) is 54.6 Å². The van der Waals surface area contributed by atoms with Crippen molar-refractivity contribution in [3.05, 3.63) is 91.9 Å². The molecule has 0 aliphatic carbocycles. The number of para-hydroxylation sites is 1. The summed E-state index contributed by atoms with van der Waals surface area (Å²) in [7, 11) is 0. The molecule has 2 spiro atoms. The van der Waals surface area contributed by atoms with Crippen LogP contribution in [0.25, 0.3) is 0 Å². The first-order valence-electron chi connectivity index (χ1n) is 12.5. The van der Waals surface area contributed by atoms with Gasteiger partial charge >= 0.3 is 0 Å². The quantitative estimate of drug-likeness (QED) is 0.375. The third-order valence-electron chi connectivity index (χ3n) is 8.78. The molecular formula is C29H22Cl3N3O3. The monoisotopic (exact) mass is 565 g/mol.